The van der Waals surface area contributed by atoms with Crippen molar-refractivity contribution in [3.63, 3.8) is 0 Å². The molecule has 0 aromatic heterocycles. The number of nitrogens with zero attached hydrogens (tertiary/aromatic N) is 2. The van der Waals surface area contributed by atoms with Gasteiger partial charge in [-0.2, -0.15) is 4.31 Å². The summed E-state index contributed by atoms with van der Waals surface area (Å²) < 4.78 is 38.0. The largest absolute Gasteiger partial charge is 0.493 e. The van der Waals surface area contributed by atoms with Crippen molar-refractivity contribution in [3.8, 4) is 11.5 Å². The smallest absolute Gasteiger partial charge is 0.271 e. The Labute approximate surface area is 180 Å². The first-order valence-electron chi connectivity index (χ1n) is 9.49. The molecule has 2 aromatic carbocycles. The van der Waals surface area contributed by atoms with E-state index in [-0.39, 0.29) is 28.6 Å². The Hall–Kier alpha value is -3.18. The predicted octanol–water partition coefficient (Wildman–Crippen LogP) is 2.71. The van der Waals surface area contributed by atoms with Crippen molar-refractivity contribution in [2.24, 2.45) is 0 Å². The van der Waals surface area contributed by atoms with Crippen LogP contribution in [0.25, 0.3) is 0 Å². The SMILES string of the molecule is COc1ccc(S(=O)(=O)N2CCCC2C(=O)Nc2cc([N+](=O)[O-])ccc2C)cc1OC. The molecule has 2 aromatic rings. The number of nitrogens with one attached hydrogen (secondary N) is 1. The van der Waals surface area contributed by atoms with Crippen LogP contribution in [0.15, 0.2) is 41.3 Å². The van der Waals surface area contributed by atoms with Gasteiger partial charge in [0.25, 0.3) is 5.69 Å². The highest BCUT2D eigenvalue weighted by Crippen LogP contribution is 2.33. The number of nitro benzene ring substituents is 1. The number of non-ortho nitro benzene ring substituents is 1. The van der Waals surface area contributed by atoms with E-state index in [1.807, 2.05) is 0 Å². The Bertz CT molecular complexity index is 1120. The molecule has 3 rings (SSSR count). The molecule has 1 amide bonds. The van der Waals surface area contributed by atoms with Gasteiger partial charge in [0.2, 0.25) is 15.9 Å². The lowest BCUT2D eigenvalue weighted by Crippen LogP contribution is -2.43. The molecule has 1 heterocycles. The van der Waals surface area contributed by atoms with Gasteiger partial charge in [0, 0.05) is 24.7 Å². The first-order valence-corrected chi connectivity index (χ1v) is 10.9. The summed E-state index contributed by atoms with van der Waals surface area (Å²) in [7, 11) is -1.13. The number of carbonyl (C=O) groups is 1. The monoisotopic (exact) mass is 449 g/mol. The summed E-state index contributed by atoms with van der Waals surface area (Å²) in [4.78, 5) is 23.4. The van der Waals surface area contributed by atoms with E-state index < -0.39 is 26.9 Å². The number of hydrogen-bond donors (Lipinski definition) is 1. The number of ether oxygens (including phenoxy) is 2. The normalized spacial score (nSPS) is 16.7. The van der Waals surface area contributed by atoms with Gasteiger partial charge in [-0.3, -0.25) is 14.9 Å². The van der Waals surface area contributed by atoms with Crippen LogP contribution in [0.4, 0.5) is 11.4 Å². The Morgan fingerprint density at radius 2 is 1.87 bits per heavy atom. The fourth-order valence-electron chi connectivity index (χ4n) is 3.48. The number of hydrogen-bond acceptors (Lipinski definition) is 7. The van der Waals surface area contributed by atoms with E-state index in [0.717, 1.165) is 4.31 Å². The summed E-state index contributed by atoms with van der Waals surface area (Å²) in [5.41, 5.74) is 0.739. The molecule has 11 heteroatoms. The standard InChI is InChI=1S/C20H23N3O7S/c1-13-6-7-14(23(25)26)11-16(13)21-20(24)17-5-4-10-22(17)31(27,28)15-8-9-18(29-2)19(12-15)30-3/h6-9,11-12,17H,4-5,10H2,1-3H3,(H,21,24). The maximum absolute atomic E-state index is 13.2. The van der Waals surface area contributed by atoms with E-state index >= 15 is 0 Å². The zero-order chi connectivity index (χ0) is 22.8. The van der Waals surface area contributed by atoms with E-state index in [1.165, 1.54) is 50.6 Å². The van der Waals surface area contributed by atoms with Crippen LogP contribution in [0.5, 0.6) is 11.5 Å². The van der Waals surface area contributed by atoms with Gasteiger partial charge in [0.15, 0.2) is 11.5 Å². The van der Waals surface area contributed by atoms with Gasteiger partial charge in [-0.15, -0.1) is 0 Å². The van der Waals surface area contributed by atoms with Gasteiger partial charge in [-0.05, 0) is 37.5 Å². The Balaban J connectivity index is 1.88. The summed E-state index contributed by atoms with van der Waals surface area (Å²) in [5, 5.41) is 13.7. The lowest BCUT2D eigenvalue weighted by molar-refractivity contribution is -0.384. The third kappa shape index (κ3) is 4.47. The maximum Gasteiger partial charge on any atom is 0.271 e. The van der Waals surface area contributed by atoms with E-state index in [9.17, 15) is 23.3 Å². The fourth-order valence-corrected chi connectivity index (χ4v) is 5.15. The molecule has 1 aliphatic rings. The molecule has 10 nitrogen and oxygen atoms in total. The molecule has 1 saturated heterocycles. The van der Waals surface area contributed by atoms with E-state index in [0.29, 0.717) is 24.2 Å². The van der Waals surface area contributed by atoms with Gasteiger partial charge in [0.1, 0.15) is 6.04 Å². The van der Waals surface area contributed by atoms with Crippen molar-refractivity contribution < 1.29 is 27.6 Å². The molecule has 0 saturated carbocycles. The Morgan fingerprint density at radius 3 is 2.52 bits per heavy atom. The van der Waals surface area contributed by atoms with Gasteiger partial charge < -0.3 is 14.8 Å². The van der Waals surface area contributed by atoms with Crippen LogP contribution in [0.2, 0.25) is 0 Å². The summed E-state index contributed by atoms with van der Waals surface area (Å²) in [6.45, 7) is 1.88. The summed E-state index contributed by atoms with van der Waals surface area (Å²) in [6.07, 6.45) is 0.852. The van der Waals surface area contributed by atoms with Crippen molar-refractivity contribution in [1.29, 1.82) is 0 Å². The van der Waals surface area contributed by atoms with Crippen LogP contribution in [0, 0.1) is 17.0 Å². The number of amides is 1. The van der Waals surface area contributed by atoms with Gasteiger partial charge in [-0.25, -0.2) is 8.42 Å². The average molecular weight is 449 g/mol. The van der Waals surface area contributed by atoms with E-state index in [1.54, 1.807) is 6.92 Å². The molecule has 1 unspecified atom stereocenters. The van der Waals surface area contributed by atoms with E-state index in [2.05, 4.69) is 5.32 Å². The second kappa shape index (κ2) is 8.90. The maximum atomic E-state index is 13.2. The van der Waals surface area contributed by atoms with Crippen molar-refractivity contribution in [1.82, 2.24) is 4.31 Å². The number of benzene rings is 2. The third-order valence-electron chi connectivity index (χ3n) is 5.16. The number of aryl methyl sites for hydroxylation is 1. The highest BCUT2D eigenvalue weighted by Gasteiger charge is 2.40. The first-order chi connectivity index (χ1) is 14.7. The van der Waals surface area contributed by atoms with Crippen molar-refractivity contribution in [2.75, 3.05) is 26.1 Å². The summed E-state index contributed by atoms with van der Waals surface area (Å²) >= 11 is 0. The number of sulfonamides is 1. The molecular formula is C20H23N3O7S. The number of carbonyl (C=O) groups excluding carboxylic acids is 1. The molecule has 1 atom stereocenters. The minimum atomic E-state index is -3.99. The molecule has 0 aliphatic carbocycles. The zero-order valence-corrected chi connectivity index (χ0v) is 18.1. The number of nitro groups is 1. The summed E-state index contributed by atoms with van der Waals surface area (Å²) in [6, 6.07) is 7.44. The van der Waals surface area contributed by atoms with Gasteiger partial charge >= 0.3 is 0 Å². The molecule has 1 N–H and O–H groups in total. The third-order valence-corrected chi connectivity index (χ3v) is 7.06. The topological polar surface area (TPSA) is 128 Å². The van der Waals surface area contributed by atoms with Crippen LogP contribution in [0.1, 0.15) is 18.4 Å². The molecule has 1 aliphatic heterocycles. The fraction of sp³-hybridized carbons (Fsp3) is 0.350. The molecule has 1 fully saturated rings. The molecule has 0 spiro atoms. The van der Waals surface area contributed by atoms with Crippen LogP contribution < -0.4 is 14.8 Å². The predicted molar refractivity (Wildman–Crippen MR) is 113 cm³/mol. The minimum Gasteiger partial charge on any atom is -0.493 e. The number of rotatable bonds is 7. The molecule has 31 heavy (non-hydrogen) atoms. The van der Waals surface area contributed by atoms with Gasteiger partial charge in [0.05, 0.1) is 29.7 Å². The highest BCUT2D eigenvalue weighted by molar-refractivity contribution is 7.89. The van der Waals surface area contributed by atoms with Crippen LogP contribution in [0.3, 0.4) is 0 Å². The molecule has 0 radical (unpaired) electrons. The zero-order valence-electron chi connectivity index (χ0n) is 17.3. The van der Waals surface area contributed by atoms with Crippen molar-refractivity contribution in [3.05, 3.63) is 52.1 Å². The Morgan fingerprint density at radius 1 is 1.16 bits per heavy atom. The average Bonchev–Trinajstić information content (AvgIpc) is 3.25. The van der Waals surface area contributed by atoms with E-state index in [4.69, 9.17) is 9.47 Å². The quantitative estimate of drug-likeness (QED) is 0.508. The number of methoxy groups -OCH3 is 2. The summed E-state index contributed by atoms with van der Waals surface area (Å²) in [5.74, 6) is 0.111. The Kier molecular flexibility index (Phi) is 6.46. The first kappa shape index (κ1) is 22.5. The van der Waals surface area contributed by atoms with Crippen LogP contribution in [-0.2, 0) is 14.8 Å². The molecule has 166 valence electrons. The van der Waals surface area contributed by atoms with Crippen molar-refractivity contribution >= 4 is 27.3 Å². The van der Waals surface area contributed by atoms with Crippen LogP contribution >= 0.6 is 0 Å². The second-order valence-corrected chi connectivity index (χ2v) is 8.93. The van der Waals surface area contributed by atoms with Crippen LogP contribution in [-0.4, -0.2) is 50.4 Å². The lowest BCUT2D eigenvalue weighted by Gasteiger charge is -2.24. The van der Waals surface area contributed by atoms with Crippen molar-refractivity contribution in [2.45, 2.75) is 30.7 Å². The highest BCUT2D eigenvalue weighted by atomic mass is 32.2. The minimum absolute atomic E-state index is 0.0172. The number of anilines is 1. The lowest BCUT2D eigenvalue weighted by atomic mass is 10.1. The molecule has 0 bridgehead atoms. The van der Waals surface area contributed by atoms with Gasteiger partial charge in [-0.1, -0.05) is 6.07 Å². The second-order valence-electron chi connectivity index (χ2n) is 7.04. The molecular weight excluding hydrogens is 426 g/mol.